The molecule has 28 heavy (non-hydrogen) atoms. The molecule has 0 aliphatic heterocycles. The maximum atomic E-state index is 12.9. The predicted molar refractivity (Wildman–Crippen MR) is 116 cm³/mol. The van der Waals surface area contributed by atoms with Crippen LogP contribution >= 0.6 is 11.6 Å². The lowest BCUT2D eigenvalue weighted by Crippen LogP contribution is -2.42. The van der Waals surface area contributed by atoms with Crippen LogP contribution in [0, 0.1) is 6.92 Å². The van der Waals surface area contributed by atoms with Crippen molar-refractivity contribution in [1.82, 2.24) is 0 Å². The standard InChI is InChI=1S/C23H23ClN2O2/c1-16-8-12-18(13-9-16)25-20-6-4-5-7-21(20)26-22(27)23(2,3)28-19-14-10-17(24)11-15-19/h4-15,25H,1-3H3,(H,26,27). The third kappa shape index (κ3) is 5.05. The van der Waals surface area contributed by atoms with Gasteiger partial charge in [-0.25, -0.2) is 0 Å². The fourth-order valence-electron chi connectivity index (χ4n) is 2.61. The molecule has 2 N–H and O–H groups in total. The molecule has 0 bridgehead atoms. The molecule has 0 aliphatic rings. The molecular formula is C23H23ClN2O2. The van der Waals surface area contributed by atoms with Crippen molar-refractivity contribution in [3.63, 3.8) is 0 Å². The first-order valence-corrected chi connectivity index (χ1v) is 9.40. The van der Waals surface area contributed by atoms with Crippen molar-refractivity contribution in [1.29, 1.82) is 0 Å². The largest absolute Gasteiger partial charge is 0.478 e. The van der Waals surface area contributed by atoms with E-state index in [1.165, 1.54) is 5.56 Å². The van der Waals surface area contributed by atoms with Gasteiger partial charge in [-0.1, -0.05) is 41.4 Å². The first-order valence-electron chi connectivity index (χ1n) is 9.02. The molecule has 0 unspecified atom stereocenters. The molecule has 3 aromatic carbocycles. The number of nitrogens with one attached hydrogen (secondary N) is 2. The molecule has 0 saturated heterocycles. The second-order valence-electron chi connectivity index (χ2n) is 7.06. The first kappa shape index (κ1) is 19.8. The normalized spacial score (nSPS) is 11.0. The number of para-hydroxylation sites is 2. The van der Waals surface area contributed by atoms with Gasteiger partial charge in [0.15, 0.2) is 5.60 Å². The van der Waals surface area contributed by atoms with Crippen LogP contribution < -0.4 is 15.4 Å². The second kappa shape index (κ2) is 8.36. The minimum absolute atomic E-state index is 0.249. The number of hydrogen-bond donors (Lipinski definition) is 2. The van der Waals surface area contributed by atoms with E-state index in [0.717, 1.165) is 11.4 Å². The zero-order valence-electron chi connectivity index (χ0n) is 16.1. The molecule has 4 nitrogen and oxygen atoms in total. The van der Waals surface area contributed by atoms with Crippen molar-refractivity contribution in [3.05, 3.63) is 83.4 Å². The summed E-state index contributed by atoms with van der Waals surface area (Å²) in [7, 11) is 0. The van der Waals surface area contributed by atoms with Crippen molar-refractivity contribution < 1.29 is 9.53 Å². The van der Waals surface area contributed by atoms with Gasteiger partial charge in [0.05, 0.1) is 11.4 Å². The molecular weight excluding hydrogens is 372 g/mol. The number of halogens is 1. The van der Waals surface area contributed by atoms with Gasteiger partial charge in [-0.3, -0.25) is 4.79 Å². The highest BCUT2D eigenvalue weighted by molar-refractivity contribution is 6.30. The summed E-state index contributed by atoms with van der Waals surface area (Å²) in [5.41, 5.74) is 2.56. The number of aryl methyl sites for hydroxylation is 1. The van der Waals surface area contributed by atoms with Crippen molar-refractivity contribution in [3.8, 4) is 5.75 Å². The van der Waals surface area contributed by atoms with Crippen LogP contribution in [-0.4, -0.2) is 11.5 Å². The second-order valence-corrected chi connectivity index (χ2v) is 7.49. The third-order valence-corrected chi connectivity index (χ3v) is 4.49. The number of rotatable bonds is 6. The van der Waals surface area contributed by atoms with E-state index in [2.05, 4.69) is 10.6 Å². The number of carbonyl (C=O) groups excluding carboxylic acids is 1. The minimum atomic E-state index is -1.06. The molecule has 144 valence electrons. The molecule has 3 rings (SSSR count). The molecule has 0 atom stereocenters. The Labute approximate surface area is 170 Å². The number of carbonyl (C=O) groups is 1. The van der Waals surface area contributed by atoms with Gasteiger partial charge in [0, 0.05) is 10.7 Å². The first-order chi connectivity index (χ1) is 13.3. The Morgan fingerprint density at radius 2 is 1.50 bits per heavy atom. The third-order valence-electron chi connectivity index (χ3n) is 4.24. The van der Waals surface area contributed by atoms with Gasteiger partial charge in [-0.05, 0) is 69.3 Å². The van der Waals surface area contributed by atoms with Gasteiger partial charge in [0.25, 0.3) is 5.91 Å². The Morgan fingerprint density at radius 1 is 0.893 bits per heavy atom. The van der Waals surface area contributed by atoms with Crippen LogP contribution in [0.1, 0.15) is 19.4 Å². The average Bonchev–Trinajstić information content (AvgIpc) is 2.67. The summed E-state index contributed by atoms with van der Waals surface area (Å²) in [5.74, 6) is 0.330. The quantitative estimate of drug-likeness (QED) is 0.524. The molecule has 0 heterocycles. The Bertz CT molecular complexity index is 951. The maximum Gasteiger partial charge on any atom is 0.268 e. The molecule has 3 aromatic rings. The van der Waals surface area contributed by atoms with E-state index in [1.807, 2.05) is 55.5 Å². The van der Waals surface area contributed by atoms with Gasteiger partial charge in [-0.2, -0.15) is 0 Å². The van der Waals surface area contributed by atoms with E-state index in [-0.39, 0.29) is 5.91 Å². The van der Waals surface area contributed by atoms with Crippen LogP contribution in [0.25, 0.3) is 0 Å². The van der Waals surface area contributed by atoms with E-state index in [0.29, 0.717) is 16.5 Å². The van der Waals surface area contributed by atoms with Gasteiger partial charge >= 0.3 is 0 Å². The Balaban J connectivity index is 1.74. The summed E-state index contributed by atoms with van der Waals surface area (Å²) in [5, 5.41) is 6.92. The number of benzene rings is 3. The lowest BCUT2D eigenvalue weighted by Gasteiger charge is -2.26. The van der Waals surface area contributed by atoms with E-state index in [9.17, 15) is 4.79 Å². The molecule has 0 aromatic heterocycles. The fraction of sp³-hybridized carbons (Fsp3) is 0.174. The molecule has 0 aliphatic carbocycles. The monoisotopic (exact) mass is 394 g/mol. The fourth-order valence-corrected chi connectivity index (χ4v) is 2.74. The number of hydrogen-bond acceptors (Lipinski definition) is 3. The molecule has 0 radical (unpaired) electrons. The van der Waals surface area contributed by atoms with Crippen LogP contribution in [-0.2, 0) is 4.79 Å². The SMILES string of the molecule is Cc1ccc(Nc2ccccc2NC(=O)C(C)(C)Oc2ccc(Cl)cc2)cc1. The van der Waals surface area contributed by atoms with Crippen LogP contribution in [0.4, 0.5) is 17.1 Å². The molecule has 1 amide bonds. The Hall–Kier alpha value is -2.98. The van der Waals surface area contributed by atoms with Crippen molar-refractivity contribution in [2.75, 3.05) is 10.6 Å². The highest BCUT2D eigenvalue weighted by Gasteiger charge is 2.30. The van der Waals surface area contributed by atoms with Crippen molar-refractivity contribution >= 4 is 34.6 Å². The summed E-state index contributed by atoms with van der Waals surface area (Å²) < 4.78 is 5.87. The van der Waals surface area contributed by atoms with E-state index >= 15 is 0 Å². The topological polar surface area (TPSA) is 50.4 Å². The highest BCUT2D eigenvalue weighted by Crippen LogP contribution is 2.27. The molecule has 0 spiro atoms. The molecule has 0 saturated carbocycles. The van der Waals surface area contributed by atoms with Crippen LogP contribution in [0.15, 0.2) is 72.8 Å². The summed E-state index contributed by atoms with van der Waals surface area (Å²) in [6, 6.07) is 22.6. The summed E-state index contributed by atoms with van der Waals surface area (Å²) in [6.45, 7) is 5.50. The van der Waals surface area contributed by atoms with Crippen molar-refractivity contribution in [2.24, 2.45) is 0 Å². The van der Waals surface area contributed by atoms with E-state index in [1.54, 1.807) is 38.1 Å². The zero-order chi connectivity index (χ0) is 20.1. The number of anilines is 3. The van der Waals surface area contributed by atoms with Gasteiger partial charge in [0.2, 0.25) is 0 Å². The smallest absolute Gasteiger partial charge is 0.268 e. The minimum Gasteiger partial charge on any atom is -0.478 e. The lowest BCUT2D eigenvalue weighted by atomic mass is 10.1. The van der Waals surface area contributed by atoms with Crippen molar-refractivity contribution in [2.45, 2.75) is 26.4 Å². The Kier molecular flexibility index (Phi) is 5.90. The molecule has 0 fully saturated rings. The van der Waals surface area contributed by atoms with Crippen LogP contribution in [0.3, 0.4) is 0 Å². The van der Waals surface area contributed by atoms with E-state index in [4.69, 9.17) is 16.3 Å². The summed E-state index contributed by atoms with van der Waals surface area (Å²) in [6.07, 6.45) is 0. The van der Waals surface area contributed by atoms with Gasteiger partial charge in [-0.15, -0.1) is 0 Å². The summed E-state index contributed by atoms with van der Waals surface area (Å²) >= 11 is 5.90. The highest BCUT2D eigenvalue weighted by atomic mass is 35.5. The van der Waals surface area contributed by atoms with Crippen LogP contribution in [0.5, 0.6) is 5.75 Å². The average molecular weight is 395 g/mol. The van der Waals surface area contributed by atoms with Crippen LogP contribution in [0.2, 0.25) is 5.02 Å². The number of amides is 1. The zero-order valence-corrected chi connectivity index (χ0v) is 16.9. The predicted octanol–water partition coefficient (Wildman–Crippen LogP) is 6.19. The summed E-state index contributed by atoms with van der Waals surface area (Å²) in [4.78, 5) is 12.9. The lowest BCUT2D eigenvalue weighted by molar-refractivity contribution is -0.128. The Morgan fingerprint density at radius 3 is 2.14 bits per heavy atom. The maximum absolute atomic E-state index is 12.9. The van der Waals surface area contributed by atoms with Gasteiger partial charge < -0.3 is 15.4 Å². The molecule has 5 heteroatoms. The van der Waals surface area contributed by atoms with Gasteiger partial charge in [0.1, 0.15) is 5.75 Å². The van der Waals surface area contributed by atoms with E-state index < -0.39 is 5.60 Å². The number of ether oxygens (including phenoxy) is 1.